The van der Waals surface area contributed by atoms with Crippen molar-refractivity contribution in [3.63, 3.8) is 0 Å². The van der Waals surface area contributed by atoms with Crippen LogP contribution in [-0.4, -0.2) is 13.0 Å². The first kappa shape index (κ1) is 14.4. The summed E-state index contributed by atoms with van der Waals surface area (Å²) in [6.45, 7) is 0.640. The van der Waals surface area contributed by atoms with Gasteiger partial charge in [-0.05, 0) is 17.7 Å². The Hall–Kier alpha value is -1.69. The highest BCUT2D eigenvalue weighted by molar-refractivity contribution is 7.85. The van der Waals surface area contributed by atoms with E-state index in [0.717, 1.165) is 0 Å². The van der Waals surface area contributed by atoms with Crippen LogP contribution in [0.3, 0.4) is 0 Å². The first-order valence-corrected chi connectivity index (χ1v) is 6.74. The summed E-state index contributed by atoms with van der Waals surface area (Å²) in [7, 11) is -4.00. The molecule has 0 aliphatic heterocycles. The molecule has 0 saturated carbocycles. The first-order valence-electron chi connectivity index (χ1n) is 5.30. The fraction of sp³-hybridized carbons (Fsp3) is 0.0769. The highest BCUT2D eigenvalue weighted by atomic mass is 32.2. The predicted octanol–water partition coefficient (Wildman–Crippen LogP) is 2.08. The highest BCUT2D eigenvalue weighted by Gasteiger charge is 2.05. The van der Waals surface area contributed by atoms with E-state index in [1.54, 1.807) is 18.2 Å². The molecule has 0 aliphatic carbocycles. The van der Waals surface area contributed by atoms with Gasteiger partial charge in [-0.1, -0.05) is 48.5 Å². The highest BCUT2D eigenvalue weighted by Crippen LogP contribution is 2.05. The van der Waals surface area contributed by atoms with Gasteiger partial charge in [0.05, 0.1) is 4.90 Å². The van der Waals surface area contributed by atoms with Gasteiger partial charge in [0.25, 0.3) is 10.1 Å². The van der Waals surface area contributed by atoms with Gasteiger partial charge in [-0.25, -0.2) is 0 Å². The van der Waals surface area contributed by atoms with E-state index in [1.165, 1.54) is 17.7 Å². The lowest BCUT2D eigenvalue weighted by atomic mass is 10.2. The predicted molar refractivity (Wildman–Crippen MR) is 70.6 cm³/mol. The number of hydrogen-bond acceptors (Lipinski definition) is 3. The van der Waals surface area contributed by atoms with Gasteiger partial charge in [-0.2, -0.15) is 8.42 Å². The fourth-order valence-electron chi connectivity index (χ4n) is 1.21. The molecule has 3 N–H and O–H groups in total. The Morgan fingerprint density at radius 3 is 1.61 bits per heavy atom. The minimum atomic E-state index is -4.00. The summed E-state index contributed by atoms with van der Waals surface area (Å²) in [5, 5.41) is 0. The van der Waals surface area contributed by atoms with Gasteiger partial charge in [0.1, 0.15) is 0 Å². The van der Waals surface area contributed by atoms with Crippen molar-refractivity contribution < 1.29 is 13.0 Å². The van der Waals surface area contributed by atoms with E-state index in [2.05, 4.69) is 0 Å². The maximum Gasteiger partial charge on any atom is 0.294 e. The number of rotatable bonds is 2. The molecule has 0 unspecified atom stereocenters. The van der Waals surface area contributed by atoms with Gasteiger partial charge in [0.15, 0.2) is 0 Å². The van der Waals surface area contributed by atoms with Crippen molar-refractivity contribution in [2.75, 3.05) is 0 Å². The molecular formula is C13H15NO3S. The smallest absolute Gasteiger partial charge is 0.294 e. The van der Waals surface area contributed by atoms with Gasteiger partial charge in [-0.3, -0.25) is 4.55 Å². The standard InChI is InChI=1S/C7H9N.C6H6O3S/c8-6-7-4-2-1-3-5-7;7-10(8,9)6-4-2-1-3-5-6/h1-5H,6,8H2;1-5H,(H,7,8,9). The van der Waals surface area contributed by atoms with Crippen LogP contribution in [0.4, 0.5) is 0 Å². The summed E-state index contributed by atoms with van der Waals surface area (Å²) in [5.41, 5.74) is 6.54. The lowest BCUT2D eigenvalue weighted by Crippen LogP contribution is -1.96. The van der Waals surface area contributed by atoms with E-state index in [1.807, 2.05) is 30.3 Å². The van der Waals surface area contributed by atoms with E-state index < -0.39 is 10.1 Å². The number of hydrogen-bond donors (Lipinski definition) is 2. The molecule has 2 aromatic carbocycles. The Morgan fingerprint density at radius 1 is 0.889 bits per heavy atom. The molecule has 0 spiro atoms. The Bertz CT molecular complexity index is 553. The summed E-state index contributed by atoms with van der Waals surface area (Å²) >= 11 is 0. The molecule has 2 rings (SSSR count). The zero-order valence-corrected chi connectivity index (χ0v) is 10.5. The van der Waals surface area contributed by atoms with Crippen molar-refractivity contribution >= 4 is 10.1 Å². The van der Waals surface area contributed by atoms with Gasteiger partial charge < -0.3 is 5.73 Å². The maximum absolute atomic E-state index is 10.4. The lowest BCUT2D eigenvalue weighted by molar-refractivity contribution is 0.483. The molecule has 0 aromatic heterocycles. The van der Waals surface area contributed by atoms with E-state index >= 15 is 0 Å². The van der Waals surface area contributed by atoms with Crippen molar-refractivity contribution in [2.45, 2.75) is 11.4 Å². The summed E-state index contributed by atoms with van der Waals surface area (Å²) < 4.78 is 29.2. The Balaban J connectivity index is 0.000000184. The third-order valence-electron chi connectivity index (χ3n) is 2.12. The second-order valence-electron chi connectivity index (χ2n) is 3.48. The average Bonchev–Trinajstić information content (AvgIpc) is 2.40. The average molecular weight is 265 g/mol. The second kappa shape index (κ2) is 6.90. The van der Waals surface area contributed by atoms with Crippen molar-refractivity contribution in [2.24, 2.45) is 5.73 Å². The molecule has 0 bridgehead atoms. The molecule has 96 valence electrons. The van der Waals surface area contributed by atoms with Crippen LogP contribution in [0.2, 0.25) is 0 Å². The van der Waals surface area contributed by atoms with Crippen LogP contribution in [-0.2, 0) is 16.7 Å². The molecule has 4 nitrogen and oxygen atoms in total. The van der Waals surface area contributed by atoms with Crippen molar-refractivity contribution in [3.05, 3.63) is 66.2 Å². The maximum atomic E-state index is 10.4. The molecule has 18 heavy (non-hydrogen) atoms. The van der Waals surface area contributed by atoms with Gasteiger partial charge in [-0.15, -0.1) is 0 Å². The van der Waals surface area contributed by atoms with Crippen molar-refractivity contribution in [3.8, 4) is 0 Å². The largest absolute Gasteiger partial charge is 0.326 e. The van der Waals surface area contributed by atoms with Gasteiger partial charge in [0.2, 0.25) is 0 Å². The van der Waals surface area contributed by atoms with Crippen molar-refractivity contribution in [1.82, 2.24) is 0 Å². The zero-order chi connectivity index (χ0) is 13.4. The molecule has 0 radical (unpaired) electrons. The summed E-state index contributed by atoms with van der Waals surface area (Å²) in [6.07, 6.45) is 0. The lowest BCUT2D eigenvalue weighted by Gasteiger charge is -1.92. The zero-order valence-electron chi connectivity index (χ0n) is 9.73. The molecule has 5 heteroatoms. The molecular weight excluding hydrogens is 250 g/mol. The van der Waals surface area contributed by atoms with Crippen LogP contribution >= 0.6 is 0 Å². The van der Waals surface area contributed by atoms with Crippen LogP contribution in [0.25, 0.3) is 0 Å². The van der Waals surface area contributed by atoms with E-state index in [9.17, 15) is 8.42 Å². The molecule has 0 aliphatic rings. The number of nitrogens with two attached hydrogens (primary N) is 1. The Labute approximate surface area is 107 Å². The molecule has 0 atom stereocenters. The fourth-order valence-corrected chi connectivity index (χ4v) is 1.71. The molecule has 0 amide bonds. The first-order chi connectivity index (χ1) is 8.54. The Morgan fingerprint density at radius 2 is 1.33 bits per heavy atom. The summed E-state index contributed by atoms with van der Waals surface area (Å²) in [5.74, 6) is 0. The molecule has 0 fully saturated rings. The van der Waals surface area contributed by atoms with Crippen LogP contribution < -0.4 is 5.73 Å². The van der Waals surface area contributed by atoms with Crippen molar-refractivity contribution in [1.29, 1.82) is 0 Å². The summed E-state index contributed by atoms with van der Waals surface area (Å²) in [6, 6.07) is 17.4. The third kappa shape index (κ3) is 5.09. The second-order valence-corrected chi connectivity index (χ2v) is 4.90. The minimum absolute atomic E-state index is 0.0741. The normalized spacial score (nSPS) is 10.3. The van der Waals surface area contributed by atoms with E-state index in [4.69, 9.17) is 10.3 Å². The van der Waals surface area contributed by atoms with Crippen LogP contribution in [0, 0.1) is 0 Å². The van der Waals surface area contributed by atoms with E-state index in [0.29, 0.717) is 6.54 Å². The minimum Gasteiger partial charge on any atom is -0.326 e. The van der Waals surface area contributed by atoms with Crippen LogP contribution in [0.1, 0.15) is 5.56 Å². The van der Waals surface area contributed by atoms with E-state index in [-0.39, 0.29) is 4.90 Å². The molecule has 2 aromatic rings. The third-order valence-corrected chi connectivity index (χ3v) is 2.99. The van der Waals surface area contributed by atoms with Crippen LogP contribution in [0.15, 0.2) is 65.6 Å². The van der Waals surface area contributed by atoms with Crippen LogP contribution in [0.5, 0.6) is 0 Å². The Kier molecular flexibility index (Phi) is 5.51. The molecule has 0 heterocycles. The number of benzene rings is 2. The SMILES string of the molecule is NCc1ccccc1.O=S(=O)(O)c1ccccc1. The van der Waals surface area contributed by atoms with Gasteiger partial charge in [0, 0.05) is 6.54 Å². The monoisotopic (exact) mass is 265 g/mol. The summed E-state index contributed by atoms with van der Waals surface area (Å²) in [4.78, 5) is -0.0741. The topological polar surface area (TPSA) is 80.4 Å². The molecule has 0 saturated heterocycles. The quantitative estimate of drug-likeness (QED) is 0.815. The van der Waals surface area contributed by atoms with Gasteiger partial charge >= 0.3 is 0 Å².